The minimum atomic E-state index is -3.46. The Balaban J connectivity index is 3.27. The second kappa shape index (κ2) is 5.17. The predicted molar refractivity (Wildman–Crippen MR) is 66.3 cm³/mol. The summed E-state index contributed by atoms with van der Waals surface area (Å²) in [6, 6.07) is 5.09. The van der Waals surface area contributed by atoms with Crippen LogP contribution in [-0.2, 0) is 10.0 Å². The summed E-state index contributed by atoms with van der Waals surface area (Å²) in [7, 11) is -1.89. The third-order valence-corrected chi connectivity index (χ3v) is 4.86. The molecule has 0 aromatic heterocycles. The van der Waals surface area contributed by atoms with Crippen molar-refractivity contribution in [1.29, 1.82) is 0 Å². The maximum absolute atomic E-state index is 12.2. The number of halogens is 1. The number of benzene rings is 1. The van der Waals surface area contributed by atoms with E-state index in [9.17, 15) is 8.42 Å². The van der Waals surface area contributed by atoms with E-state index in [2.05, 4.69) is 0 Å². The van der Waals surface area contributed by atoms with E-state index >= 15 is 0 Å². The first kappa shape index (κ1) is 13.5. The van der Waals surface area contributed by atoms with Crippen molar-refractivity contribution < 1.29 is 8.42 Å². The fourth-order valence-electron chi connectivity index (χ4n) is 1.53. The molecule has 0 heterocycles. The van der Waals surface area contributed by atoms with E-state index < -0.39 is 10.0 Å². The molecule has 1 aromatic carbocycles. The lowest BCUT2D eigenvalue weighted by molar-refractivity contribution is 0.468. The molecule has 0 radical (unpaired) electrons. The van der Waals surface area contributed by atoms with Gasteiger partial charge in [0, 0.05) is 13.6 Å². The number of nitrogens with zero attached hydrogens (tertiary/aromatic N) is 1. The maximum atomic E-state index is 12.2. The van der Waals surface area contributed by atoms with E-state index in [0.29, 0.717) is 12.1 Å². The van der Waals surface area contributed by atoms with Crippen molar-refractivity contribution in [2.24, 2.45) is 0 Å². The number of hydrogen-bond donors (Lipinski definition) is 0. The molecule has 0 saturated heterocycles. The lowest BCUT2D eigenvalue weighted by Crippen LogP contribution is -2.28. The fraction of sp³-hybridized carbons (Fsp3) is 0.455. The summed E-state index contributed by atoms with van der Waals surface area (Å²) in [5.41, 5.74) is 0.676. The number of sulfonamides is 1. The van der Waals surface area contributed by atoms with Crippen LogP contribution in [0.4, 0.5) is 0 Å². The van der Waals surface area contributed by atoms with Gasteiger partial charge >= 0.3 is 0 Å². The van der Waals surface area contributed by atoms with Crippen LogP contribution < -0.4 is 0 Å². The van der Waals surface area contributed by atoms with Gasteiger partial charge in [-0.3, -0.25) is 0 Å². The van der Waals surface area contributed by atoms with Crippen molar-refractivity contribution in [3.63, 3.8) is 0 Å². The highest BCUT2D eigenvalue weighted by molar-refractivity contribution is 7.89. The average Bonchev–Trinajstić information content (AvgIpc) is 2.17. The van der Waals surface area contributed by atoms with Gasteiger partial charge in [0.15, 0.2) is 0 Å². The molecule has 0 unspecified atom stereocenters. The Kier molecular flexibility index (Phi) is 4.35. The third kappa shape index (κ3) is 2.56. The monoisotopic (exact) mass is 261 g/mol. The van der Waals surface area contributed by atoms with Crippen molar-refractivity contribution in [2.45, 2.75) is 25.2 Å². The molecule has 0 aliphatic heterocycles. The van der Waals surface area contributed by atoms with Gasteiger partial charge in [-0.05, 0) is 25.0 Å². The third-order valence-electron chi connectivity index (χ3n) is 2.37. The fourth-order valence-corrected chi connectivity index (χ4v) is 3.57. The maximum Gasteiger partial charge on any atom is 0.244 e. The van der Waals surface area contributed by atoms with Gasteiger partial charge in [0.05, 0.1) is 5.02 Å². The molecular weight excluding hydrogens is 246 g/mol. The predicted octanol–water partition coefficient (Wildman–Crippen LogP) is 2.68. The highest BCUT2D eigenvalue weighted by atomic mass is 35.5. The van der Waals surface area contributed by atoms with Crippen LogP contribution >= 0.6 is 11.6 Å². The second-order valence-corrected chi connectivity index (χ2v) is 6.10. The Hall–Kier alpha value is -0.580. The zero-order valence-corrected chi connectivity index (χ0v) is 11.3. The molecule has 3 nitrogen and oxygen atoms in total. The molecule has 0 bridgehead atoms. The van der Waals surface area contributed by atoms with Gasteiger partial charge < -0.3 is 0 Å². The summed E-state index contributed by atoms with van der Waals surface area (Å²) < 4.78 is 25.7. The topological polar surface area (TPSA) is 37.4 Å². The standard InChI is InChI=1S/C11H16ClNO2S/c1-4-8-13(3)16(14,15)11-9(2)6-5-7-10(11)12/h5-7H,4,8H2,1-3H3. The number of aryl methyl sites for hydroxylation is 1. The quantitative estimate of drug-likeness (QED) is 0.836. The minimum absolute atomic E-state index is 0.215. The van der Waals surface area contributed by atoms with Gasteiger partial charge in [-0.1, -0.05) is 30.7 Å². The molecule has 0 spiro atoms. The van der Waals surface area contributed by atoms with E-state index in [1.165, 1.54) is 4.31 Å². The molecule has 0 saturated carbocycles. The molecule has 1 aromatic rings. The van der Waals surface area contributed by atoms with Crippen molar-refractivity contribution in [2.75, 3.05) is 13.6 Å². The van der Waals surface area contributed by atoms with Crippen LogP contribution in [0.15, 0.2) is 23.1 Å². The molecule has 0 amide bonds. The van der Waals surface area contributed by atoms with Crippen LogP contribution in [0, 0.1) is 6.92 Å². The minimum Gasteiger partial charge on any atom is -0.207 e. The molecule has 0 N–H and O–H groups in total. The van der Waals surface area contributed by atoms with E-state index in [4.69, 9.17) is 11.6 Å². The van der Waals surface area contributed by atoms with Crippen LogP contribution in [-0.4, -0.2) is 26.3 Å². The first-order valence-corrected chi connectivity index (χ1v) is 6.94. The molecule has 16 heavy (non-hydrogen) atoms. The summed E-state index contributed by atoms with van der Waals surface area (Å²) in [6.45, 7) is 4.18. The molecule has 1 rings (SSSR count). The van der Waals surface area contributed by atoms with Crippen LogP contribution in [0.2, 0.25) is 5.02 Å². The summed E-state index contributed by atoms with van der Waals surface area (Å²) in [5.74, 6) is 0. The van der Waals surface area contributed by atoms with E-state index in [1.54, 1.807) is 32.2 Å². The molecule has 5 heteroatoms. The molecular formula is C11H16ClNO2S. The van der Waals surface area contributed by atoms with Gasteiger partial charge in [0.25, 0.3) is 0 Å². The van der Waals surface area contributed by atoms with E-state index in [-0.39, 0.29) is 9.92 Å². The molecule has 0 atom stereocenters. The SMILES string of the molecule is CCCN(C)S(=O)(=O)c1c(C)cccc1Cl. The van der Waals surface area contributed by atoms with E-state index in [1.807, 2.05) is 6.92 Å². The van der Waals surface area contributed by atoms with E-state index in [0.717, 1.165) is 6.42 Å². The lowest BCUT2D eigenvalue weighted by atomic mass is 10.2. The van der Waals surface area contributed by atoms with Gasteiger partial charge in [-0.25, -0.2) is 12.7 Å². The van der Waals surface area contributed by atoms with Gasteiger partial charge in [-0.15, -0.1) is 0 Å². The van der Waals surface area contributed by atoms with Gasteiger partial charge in [-0.2, -0.15) is 0 Å². The molecule has 90 valence electrons. The first-order chi connectivity index (χ1) is 7.41. The van der Waals surface area contributed by atoms with Crippen LogP contribution in [0.5, 0.6) is 0 Å². The van der Waals surface area contributed by atoms with Crippen molar-refractivity contribution in [3.8, 4) is 0 Å². The van der Waals surface area contributed by atoms with Gasteiger partial charge in [0.2, 0.25) is 10.0 Å². The summed E-state index contributed by atoms with van der Waals surface area (Å²) in [6.07, 6.45) is 0.777. The zero-order valence-electron chi connectivity index (χ0n) is 9.70. The summed E-state index contributed by atoms with van der Waals surface area (Å²) in [5, 5.41) is 0.281. The summed E-state index contributed by atoms with van der Waals surface area (Å²) in [4.78, 5) is 0.215. The largest absolute Gasteiger partial charge is 0.244 e. The molecule has 0 aliphatic carbocycles. The van der Waals surface area contributed by atoms with Crippen molar-refractivity contribution in [3.05, 3.63) is 28.8 Å². The Morgan fingerprint density at radius 3 is 2.50 bits per heavy atom. The number of rotatable bonds is 4. The smallest absolute Gasteiger partial charge is 0.207 e. The van der Waals surface area contributed by atoms with Crippen LogP contribution in [0.1, 0.15) is 18.9 Å². The van der Waals surface area contributed by atoms with Crippen LogP contribution in [0.25, 0.3) is 0 Å². The Morgan fingerprint density at radius 1 is 1.38 bits per heavy atom. The molecule has 0 aliphatic rings. The highest BCUT2D eigenvalue weighted by Gasteiger charge is 2.24. The molecule has 0 fully saturated rings. The Labute approximate surface area is 102 Å². The zero-order chi connectivity index (χ0) is 12.3. The van der Waals surface area contributed by atoms with Gasteiger partial charge in [0.1, 0.15) is 4.90 Å². The lowest BCUT2D eigenvalue weighted by Gasteiger charge is -2.18. The normalized spacial score (nSPS) is 12.1. The summed E-state index contributed by atoms with van der Waals surface area (Å²) >= 11 is 5.95. The average molecular weight is 262 g/mol. The Morgan fingerprint density at radius 2 is 2.00 bits per heavy atom. The highest BCUT2D eigenvalue weighted by Crippen LogP contribution is 2.27. The Bertz CT molecular complexity index is 451. The van der Waals surface area contributed by atoms with Crippen LogP contribution in [0.3, 0.4) is 0 Å². The second-order valence-electron chi connectivity index (χ2n) is 3.71. The van der Waals surface area contributed by atoms with Crippen molar-refractivity contribution in [1.82, 2.24) is 4.31 Å². The first-order valence-electron chi connectivity index (χ1n) is 5.12. The number of hydrogen-bond acceptors (Lipinski definition) is 2. The van der Waals surface area contributed by atoms with Crippen molar-refractivity contribution >= 4 is 21.6 Å².